The van der Waals surface area contributed by atoms with Crippen LogP contribution in [0.1, 0.15) is 32.3 Å². The number of hydrogen-bond donors (Lipinski definition) is 1. The number of alkyl halides is 3. The van der Waals surface area contributed by atoms with Crippen molar-refractivity contribution in [3.8, 4) is 0 Å². The molecule has 0 fully saturated rings. The van der Waals surface area contributed by atoms with Crippen LogP contribution < -0.4 is 5.32 Å². The number of ketones is 2. The average Bonchev–Trinajstić information content (AvgIpc) is 2.68. The number of rotatable bonds is 2. The van der Waals surface area contributed by atoms with E-state index in [2.05, 4.69) is 10.3 Å². The Balaban J connectivity index is 2.02. The molecule has 2 aromatic rings. The number of carbonyl (C=O) groups excluding carboxylic acids is 2. The number of halogens is 3. The number of nitrogens with zero attached hydrogens (tertiary/aromatic N) is 1. The Morgan fingerprint density at radius 2 is 1.81 bits per heavy atom. The molecule has 26 heavy (non-hydrogen) atoms. The second-order valence-electron chi connectivity index (χ2n) is 6.34. The molecular formula is C19H17F3N2O2. The molecule has 7 heteroatoms. The zero-order valence-electron chi connectivity index (χ0n) is 14.3. The normalized spacial score (nSPS) is 19.0. The van der Waals surface area contributed by atoms with E-state index < -0.39 is 17.8 Å². The van der Waals surface area contributed by atoms with Crippen molar-refractivity contribution < 1.29 is 22.8 Å². The first-order valence-corrected chi connectivity index (χ1v) is 8.17. The lowest BCUT2D eigenvalue weighted by atomic mass is 10.0. The number of fused-ring (bicyclic) bond motifs is 1. The van der Waals surface area contributed by atoms with Gasteiger partial charge in [-0.3, -0.25) is 9.59 Å². The van der Waals surface area contributed by atoms with Crippen LogP contribution in [-0.2, 0) is 15.8 Å². The largest absolute Gasteiger partial charge is 0.417 e. The van der Waals surface area contributed by atoms with Crippen molar-refractivity contribution >= 4 is 28.3 Å². The summed E-state index contributed by atoms with van der Waals surface area (Å²) in [6.07, 6.45) is -4.18. The maximum atomic E-state index is 13.4. The van der Waals surface area contributed by atoms with Gasteiger partial charge in [-0.25, -0.2) is 4.98 Å². The zero-order chi connectivity index (χ0) is 19.1. The van der Waals surface area contributed by atoms with Crippen molar-refractivity contribution in [1.82, 2.24) is 4.98 Å². The smallest absolute Gasteiger partial charge is 0.360 e. The fourth-order valence-electron chi connectivity index (χ4n) is 3.05. The van der Waals surface area contributed by atoms with Gasteiger partial charge < -0.3 is 5.32 Å². The Labute approximate surface area is 148 Å². The van der Waals surface area contributed by atoms with Gasteiger partial charge in [-0.05, 0) is 38.0 Å². The van der Waals surface area contributed by atoms with E-state index in [1.165, 1.54) is 18.2 Å². The molecule has 1 aliphatic carbocycles. The zero-order valence-corrected chi connectivity index (χ0v) is 14.3. The Morgan fingerprint density at radius 1 is 1.12 bits per heavy atom. The van der Waals surface area contributed by atoms with Crippen LogP contribution in [0.4, 0.5) is 19.0 Å². The summed E-state index contributed by atoms with van der Waals surface area (Å²) >= 11 is 0. The van der Waals surface area contributed by atoms with Gasteiger partial charge in [-0.1, -0.05) is 18.2 Å². The summed E-state index contributed by atoms with van der Waals surface area (Å²) in [5.74, 6) is -0.450. The van der Waals surface area contributed by atoms with E-state index >= 15 is 0 Å². The number of carbonyl (C=O) groups is 2. The highest BCUT2D eigenvalue weighted by atomic mass is 19.4. The van der Waals surface area contributed by atoms with Crippen molar-refractivity contribution in [3.63, 3.8) is 0 Å². The Kier molecular flexibility index (Phi) is 4.56. The summed E-state index contributed by atoms with van der Waals surface area (Å²) in [5.41, 5.74) is 0.111. The second-order valence-corrected chi connectivity index (χ2v) is 6.34. The van der Waals surface area contributed by atoms with Crippen LogP contribution in [-0.4, -0.2) is 22.6 Å². The number of para-hydroxylation sites is 1. The quantitative estimate of drug-likeness (QED) is 0.865. The van der Waals surface area contributed by atoms with E-state index in [1.807, 2.05) is 0 Å². The van der Waals surface area contributed by atoms with E-state index in [4.69, 9.17) is 0 Å². The third kappa shape index (κ3) is 3.34. The van der Waals surface area contributed by atoms with Gasteiger partial charge in [0.25, 0.3) is 0 Å². The molecule has 0 aliphatic heterocycles. The summed E-state index contributed by atoms with van der Waals surface area (Å²) in [4.78, 5) is 28.7. The van der Waals surface area contributed by atoms with Gasteiger partial charge in [0.15, 0.2) is 11.6 Å². The number of pyridine rings is 1. The lowest BCUT2D eigenvalue weighted by Gasteiger charge is -2.18. The third-order valence-electron chi connectivity index (χ3n) is 4.67. The predicted octanol–water partition coefficient (Wildman–Crippen LogP) is 4.30. The highest BCUT2D eigenvalue weighted by molar-refractivity contribution is 6.10. The van der Waals surface area contributed by atoms with Gasteiger partial charge in [0.2, 0.25) is 0 Å². The highest BCUT2D eigenvalue weighted by Gasteiger charge is 2.34. The summed E-state index contributed by atoms with van der Waals surface area (Å²) in [5, 5.41) is 2.80. The molecule has 0 bridgehead atoms. The van der Waals surface area contributed by atoms with Gasteiger partial charge in [0.1, 0.15) is 5.82 Å². The van der Waals surface area contributed by atoms with Crippen LogP contribution in [0.2, 0.25) is 0 Å². The molecular weight excluding hydrogens is 345 g/mol. The summed E-state index contributed by atoms with van der Waals surface area (Å²) in [6, 6.07) is 6.10. The summed E-state index contributed by atoms with van der Waals surface area (Å²) in [6.45, 7) is 3.15. The number of Topliss-reactive ketones (excluding diaryl/α,β-unsaturated/α-hetero) is 2. The molecule has 1 heterocycles. The van der Waals surface area contributed by atoms with Crippen LogP contribution in [0.5, 0.6) is 0 Å². The Hall–Kier alpha value is -2.70. The van der Waals surface area contributed by atoms with Crippen molar-refractivity contribution in [2.24, 2.45) is 0 Å². The number of aromatic nitrogens is 1. The highest BCUT2D eigenvalue weighted by Crippen LogP contribution is 2.36. The number of hydrogen-bond acceptors (Lipinski definition) is 4. The molecule has 1 aromatic carbocycles. The van der Waals surface area contributed by atoms with E-state index in [1.54, 1.807) is 19.9 Å². The summed E-state index contributed by atoms with van der Waals surface area (Å²) < 4.78 is 40.2. The molecule has 1 aliphatic rings. The van der Waals surface area contributed by atoms with Crippen molar-refractivity contribution in [1.29, 1.82) is 0 Å². The SMILES string of the molecule is CC1=C(C)C(=O)C(Nc2cc(C(F)(F)F)c3ccccc3n2)CCC1=O. The Morgan fingerprint density at radius 3 is 2.50 bits per heavy atom. The lowest BCUT2D eigenvalue weighted by Crippen LogP contribution is -2.30. The molecule has 1 unspecified atom stereocenters. The Bertz CT molecular complexity index is 932. The fraction of sp³-hybridized carbons (Fsp3) is 0.316. The first-order chi connectivity index (χ1) is 12.2. The fourth-order valence-corrected chi connectivity index (χ4v) is 3.05. The lowest BCUT2D eigenvalue weighted by molar-refractivity contribution is -0.136. The van der Waals surface area contributed by atoms with E-state index in [0.717, 1.165) is 6.07 Å². The van der Waals surface area contributed by atoms with Crippen LogP contribution in [0, 0.1) is 0 Å². The number of allylic oxidation sites excluding steroid dienone is 1. The van der Waals surface area contributed by atoms with E-state index in [0.29, 0.717) is 11.1 Å². The number of benzene rings is 1. The van der Waals surface area contributed by atoms with Gasteiger partial charge in [-0.2, -0.15) is 13.2 Å². The minimum Gasteiger partial charge on any atom is -0.360 e. The minimum absolute atomic E-state index is 0.000147. The van der Waals surface area contributed by atoms with Gasteiger partial charge in [-0.15, -0.1) is 0 Å². The second kappa shape index (κ2) is 6.55. The molecule has 1 atom stereocenters. The van der Waals surface area contributed by atoms with Crippen molar-refractivity contribution in [2.45, 2.75) is 38.9 Å². The molecule has 0 spiro atoms. The van der Waals surface area contributed by atoms with Crippen LogP contribution in [0.3, 0.4) is 0 Å². The molecule has 4 nitrogen and oxygen atoms in total. The van der Waals surface area contributed by atoms with Gasteiger partial charge in [0.05, 0.1) is 17.1 Å². The van der Waals surface area contributed by atoms with E-state index in [-0.39, 0.29) is 41.1 Å². The van der Waals surface area contributed by atoms with Crippen molar-refractivity contribution in [2.75, 3.05) is 5.32 Å². The summed E-state index contributed by atoms with van der Waals surface area (Å²) in [7, 11) is 0. The average molecular weight is 362 g/mol. The standard InChI is InChI=1S/C19H17F3N2O2/c1-10-11(2)18(26)15(7-8-16(10)25)24-17-9-13(19(20,21)22)12-5-3-4-6-14(12)23-17/h3-6,9,15H,7-8H2,1-2H3,(H,23,24). The van der Waals surface area contributed by atoms with Crippen LogP contribution in [0.15, 0.2) is 41.5 Å². The van der Waals surface area contributed by atoms with Crippen LogP contribution >= 0.6 is 0 Å². The third-order valence-corrected chi connectivity index (χ3v) is 4.67. The molecule has 0 saturated heterocycles. The van der Waals surface area contributed by atoms with E-state index in [9.17, 15) is 22.8 Å². The molecule has 0 amide bonds. The van der Waals surface area contributed by atoms with Gasteiger partial charge >= 0.3 is 6.18 Å². The maximum absolute atomic E-state index is 13.4. The topological polar surface area (TPSA) is 59.1 Å². The minimum atomic E-state index is -4.55. The molecule has 3 rings (SSSR count). The molecule has 1 aromatic heterocycles. The number of nitrogens with one attached hydrogen (secondary N) is 1. The molecule has 1 N–H and O–H groups in total. The molecule has 136 valence electrons. The predicted molar refractivity (Wildman–Crippen MR) is 91.8 cm³/mol. The van der Waals surface area contributed by atoms with Gasteiger partial charge in [0, 0.05) is 17.4 Å². The monoisotopic (exact) mass is 362 g/mol. The van der Waals surface area contributed by atoms with Crippen molar-refractivity contribution in [3.05, 3.63) is 47.0 Å². The molecule has 0 saturated carbocycles. The maximum Gasteiger partial charge on any atom is 0.417 e. The number of anilines is 1. The first-order valence-electron chi connectivity index (χ1n) is 8.17. The first kappa shape index (κ1) is 18.1. The molecule has 0 radical (unpaired) electrons. The van der Waals surface area contributed by atoms with Crippen LogP contribution in [0.25, 0.3) is 10.9 Å².